The second-order valence-electron chi connectivity index (χ2n) is 8.68. The summed E-state index contributed by atoms with van der Waals surface area (Å²) in [6.07, 6.45) is 0. The van der Waals surface area contributed by atoms with E-state index in [0.717, 1.165) is 22.5 Å². The predicted molar refractivity (Wildman–Crippen MR) is 129 cm³/mol. The quantitative estimate of drug-likeness (QED) is 0.512. The summed E-state index contributed by atoms with van der Waals surface area (Å²) in [7, 11) is 0. The number of nitrogens with zero attached hydrogens (tertiary/aromatic N) is 2. The Balaban J connectivity index is 1.70. The van der Waals surface area contributed by atoms with Crippen molar-refractivity contribution in [2.75, 3.05) is 10.6 Å². The summed E-state index contributed by atoms with van der Waals surface area (Å²) in [5, 5.41) is 10.5. The number of hydrogen-bond acceptors (Lipinski definition) is 3. The van der Waals surface area contributed by atoms with Gasteiger partial charge in [0.05, 0.1) is 21.8 Å². The highest BCUT2D eigenvalue weighted by molar-refractivity contribution is 6.34. The second kappa shape index (κ2) is 9.17. The van der Waals surface area contributed by atoms with Gasteiger partial charge in [-0.25, -0.2) is 0 Å². The van der Waals surface area contributed by atoms with Crippen LogP contribution in [0.5, 0.6) is 0 Å². The highest BCUT2D eigenvalue weighted by Crippen LogP contribution is 2.29. The Morgan fingerprint density at radius 1 is 1.00 bits per heavy atom. The van der Waals surface area contributed by atoms with Crippen molar-refractivity contribution in [3.05, 3.63) is 76.1 Å². The van der Waals surface area contributed by atoms with E-state index >= 15 is 0 Å². The van der Waals surface area contributed by atoms with Gasteiger partial charge >= 0.3 is 0 Å². The molecule has 0 saturated carbocycles. The average molecular weight is 453 g/mol. The molecule has 2 amide bonds. The summed E-state index contributed by atoms with van der Waals surface area (Å²) in [5.74, 6) is -0.372. The van der Waals surface area contributed by atoms with Crippen LogP contribution in [0.15, 0.2) is 48.5 Å². The molecule has 0 aliphatic carbocycles. The van der Waals surface area contributed by atoms with Crippen molar-refractivity contribution in [2.45, 2.75) is 53.0 Å². The summed E-state index contributed by atoms with van der Waals surface area (Å²) in [4.78, 5) is 25.6. The van der Waals surface area contributed by atoms with Crippen LogP contribution in [0, 0.1) is 20.8 Å². The van der Waals surface area contributed by atoms with Gasteiger partial charge < -0.3 is 10.6 Å². The smallest absolute Gasteiger partial charge is 0.248 e. The molecule has 0 radical (unpaired) electrons. The third-order valence-electron chi connectivity index (χ3n) is 5.62. The summed E-state index contributed by atoms with van der Waals surface area (Å²) in [5.41, 5.74) is 4.14. The van der Waals surface area contributed by atoms with Gasteiger partial charge in [0.15, 0.2) is 0 Å². The van der Waals surface area contributed by atoms with Gasteiger partial charge in [-0.1, -0.05) is 41.4 Å². The van der Waals surface area contributed by atoms with E-state index in [-0.39, 0.29) is 11.8 Å². The van der Waals surface area contributed by atoms with Gasteiger partial charge in [-0.2, -0.15) is 5.10 Å². The van der Waals surface area contributed by atoms with Crippen molar-refractivity contribution in [3.8, 4) is 0 Å². The van der Waals surface area contributed by atoms with Crippen LogP contribution in [0.4, 0.5) is 11.4 Å². The van der Waals surface area contributed by atoms with Gasteiger partial charge in [-0.05, 0) is 71.4 Å². The molecule has 2 aromatic carbocycles. The van der Waals surface area contributed by atoms with E-state index in [1.54, 1.807) is 29.8 Å². The number of hydrogen-bond donors (Lipinski definition) is 2. The van der Waals surface area contributed by atoms with Crippen LogP contribution >= 0.6 is 11.6 Å². The highest BCUT2D eigenvalue weighted by atomic mass is 35.5. The van der Waals surface area contributed by atoms with Gasteiger partial charge in [-0.3, -0.25) is 14.3 Å². The van der Waals surface area contributed by atoms with Crippen LogP contribution in [0.1, 0.15) is 49.3 Å². The number of amides is 2. The largest absolute Gasteiger partial charge is 0.325 e. The van der Waals surface area contributed by atoms with E-state index in [1.807, 2.05) is 65.0 Å². The predicted octanol–water partition coefficient (Wildman–Crippen LogP) is 5.58. The van der Waals surface area contributed by atoms with Gasteiger partial charge in [0.25, 0.3) is 0 Å². The minimum Gasteiger partial charge on any atom is -0.325 e. The maximum Gasteiger partial charge on any atom is 0.248 e. The molecule has 6 nitrogen and oxygen atoms in total. The number of benzene rings is 2. The number of carbonyl (C=O) groups excluding carboxylic acids is 2. The third-order valence-corrected chi connectivity index (χ3v) is 5.93. The van der Waals surface area contributed by atoms with Gasteiger partial charge in [0.2, 0.25) is 11.8 Å². The third kappa shape index (κ3) is 5.02. The second-order valence-corrected chi connectivity index (χ2v) is 9.08. The fraction of sp³-hybridized carbons (Fsp3) is 0.320. The van der Waals surface area contributed by atoms with E-state index in [1.165, 1.54) is 0 Å². The topological polar surface area (TPSA) is 76.0 Å². The molecule has 1 heterocycles. The molecule has 32 heavy (non-hydrogen) atoms. The van der Waals surface area contributed by atoms with Crippen molar-refractivity contribution in [3.63, 3.8) is 0 Å². The molecule has 3 aromatic rings. The van der Waals surface area contributed by atoms with E-state index in [9.17, 15) is 9.59 Å². The lowest BCUT2D eigenvalue weighted by Gasteiger charge is -2.24. The van der Waals surface area contributed by atoms with Gasteiger partial charge in [-0.15, -0.1) is 0 Å². The van der Waals surface area contributed by atoms with Crippen molar-refractivity contribution in [1.82, 2.24) is 9.78 Å². The molecular weight excluding hydrogens is 424 g/mol. The molecular formula is C25H29ClN4O2. The van der Waals surface area contributed by atoms with Crippen LogP contribution in [0.3, 0.4) is 0 Å². The van der Waals surface area contributed by atoms with Crippen LogP contribution in [-0.4, -0.2) is 21.6 Å². The first-order valence-corrected chi connectivity index (χ1v) is 10.9. The molecule has 0 bridgehead atoms. The Hall–Kier alpha value is -3.12. The average Bonchev–Trinajstić information content (AvgIpc) is 3.07. The van der Waals surface area contributed by atoms with E-state index in [2.05, 4.69) is 15.7 Å². The van der Waals surface area contributed by atoms with Crippen molar-refractivity contribution in [1.29, 1.82) is 0 Å². The lowest BCUT2D eigenvalue weighted by Crippen LogP contribution is -2.34. The Labute approximate surface area is 194 Å². The lowest BCUT2D eigenvalue weighted by atomic mass is 9.83. The Morgan fingerprint density at radius 2 is 1.66 bits per heavy atom. The zero-order valence-electron chi connectivity index (χ0n) is 19.3. The number of aryl methyl sites for hydroxylation is 3. The summed E-state index contributed by atoms with van der Waals surface area (Å²) in [6, 6.07) is 14.4. The molecule has 168 valence electrons. The fourth-order valence-corrected chi connectivity index (χ4v) is 3.70. The summed E-state index contributed by atoms with van der Waals surface area (Å²) >= 11 is 6.40. The molecule has 1 aromatic heterocycles. The molecule has 0 aliphatic rings. The number of aromatic nitrogens is 2. The molecule has 3 rings (SSSR count). The SMILES string of the molecule is Cc1ccc(C(C)(C)C(=O)Nc2ccc(NC(=O)C(C)n3nc(C)cc3C)c(Cl)c2)cc1. The fourth-order valence-electron chi connectivity index (χ4n) is 3.47. The Kier molecular flexibility index (Phi) is 6.74. The molecule has 0 spiro atoms. The first-order valence-electron chi connectivity index (χ1n) is 10.5. The molecule has 1 atom stereocenters. The van der Waals surface area contributed by atoms with E-state index < -0.39 is 11.5 Å². The zero-order chi connectivity index (χ0) is 23.6. The van der Waals surface area contributed by atoms with E-state index in [4.69, 9.17) is 11.6 Å². The van der Waals surface area contributed by atoms with Crippen LogP contribution in [0.2, 0.25) is 5.02 Å². The van der Waals surface area contributed by atoms with Crippen LogP contribution < -0.4 is 10.6 Å². The molecule has 0 aliphatic heterocycles. The molecule has 0 fully saturated rings. The monoisotopic (exact) mass is 452 g/mol. The zero-order valence-corrected chi connectivity index (χ0v) is 20.0. The number of halogens is 1. The first-order chi connectivity index (χ1) is 15.0. The maximum atomic E-state index is 12.9. The summed E-state index contributed by atoms with van der Waals surface area (Å²) in [6.45, 7) is 11.3. The minimum absolute atomic E-state index is 0.146. The highest BCUT2D eigenvalue weighted by Gasteiger charge is 2.30. The lowest BCUT2D eigenvalue weighted by molar-refractivity contribution is -0.120. The van der Waals surface area contributed by atoms with Crippen LogP contribution in [-0.2, 0) is 15.0 Å². The molecule has 7 heteroatoms. The number of rotatable bonds is 6. The molecule has 0 saturated heterocycles. The number of carbonyl (C=O) groups is 2. The molecule has 2 N–H and O–H groups in total. The Morgan fingerprint density at radius 3 is 2.22 bits per heavy atom. The first kappa shape index (κ1) is 23.5. The number of anilines is 2. The Bertz CT molecular complexity index is 1150. The summed E-state index contributed by atoms with van der Waals surface area (Å²) < 4.78 is 1.68. The van der Waals surface area contributed by atoms with Gasteiger partial charge in [0.1, 0.15) is 6.04 Å². The minimum atomic E-state index is -0.720. The maximum absolute atomic E-state index is 12.9. The van der Waals surface area contributed by atoms with Gasteiger partial charge in [0, 0.05) is 11.4 Å². The number of nitrogens with one attached hydrogen (secondary N) is 2. The van der Waals surface area contributed by atoms with Crippen molar-refractivity contribution >= 4 is 34.8 Å². The normalized spacial score (nSPS) is 12.3. The van der Waals surface area contributed by atoms with Crippen LogP contribution in [0.25, 0.3) is 0 Å². The standard InChI is InChI=1S/C25H29ClN4O2/c1-15-7-9-19(10-8-15)25(5,6)24(32)27-20-11-12-22(21(26)14-20)28-23(31)18(4)30-17(3)13-16(2)29-30/h7-14,18H,1-6H3,(H,27,32)(H,28,31). The van der Waals surface area contributed by atoms with Crippen molar-refractivity contribution in [2.24, 2.45) is 0 Å². The molecule has 1 unspecified atom stereocenters. The van der Waals surface area contributed by atoms with Crippen molar-refractivity contribution < 1.29 is 9.59 Å². The van der Waals surface area contributed by atoms with E-state index in [0.29, 0.717) is 16.4 Å².